The molecule has 0 aliphatic carbocycles. The molecule has 1 heterocycles. The van der Waals surface area contributed by atoms with Gasteiger partial charge in [0.15, 0.2) is 0 Å². The molecule has 0 radical (unpaired) electrons. The van der Waals surface area contributed by atoms with Crippen molar-refractivity contribution in [1.82, 2.24) is 4.98 Å². The van der Waals surface area contributed by atoms with E-state index in [0.717, 1.165) is 0 Å². The van der Waals surface area contributed by atoms with E-state index in [-0.39, 0.29) is 16.6 Å². The summed E-state index contributed by atoms with van der Waals surface area (Å²) in [5, 5.41) is 7.62. The maximum Gasteiger partial charge on any atom is 0.145 e. The lowest BCUT2D eigenvalue weighted by Gasteiger charge is -2.14. The van der Waals surface area contributed by atoms with Crippen LogP contribution in [-0.2, 0) is 0 Å². The first kappa shape index (κ1) is 15.7. The van der Waals surface area contributed by atoms with Crippen LogP contribution in [0.4, 0.5) is 4.39 Å². The number of benzene rings is 1. The van der Waals surface area contributed by atoms with Gasteiger partial charge in [0.25, 0.3) is 0 Å². The average molecular weight is 373 g/mol. The highest BCUT2D eigenvalue weighted by Crippen LogP contribution is 2.35. The summed E-state index contributed by atoms with van der Waals surface area (Å²) >= 11 is 8.96. The summed E-state index contributed by atoms with van der Waals surface area (Å²) in [4.78, 5) is 4.24. The highest BCUT2D eigenvalue weighted by Gasteiger charge is 2.16. The molecule has 1 aromatic heterocycles. The smallest absolute Gasteiger partial charge is 0.145 e. The van der Waals surface area contributed by atoms with E-state index in [2.05, 4.69) is 20.9 Å². The molecule has 0 fully saturated rings. The molecule has 2 aromatic rings. The lowest BCUT2D eigenvalue weighted by Crippen LogP contribution is -2.15. The van der Waals surface area contributed by atoms with E-state index in [0.29, 0.717) is 27.2 Å². The van der Waals surface area contributed by atoms with Crippen LogP contribution in [0.15, 0.2) is 22.7 Å². The summed E-state index contributed by atoms with van der Waals surface area (Å²) in [6.45, 7) is 3.52. The maximum atomic E-state index is 13.6. The Morgan fingerprint density at radius 2 is 2.00 bits per heavy atom. The number of nitrogen functional groups attached to an aromatic ring is 1. The van der Waals surface area contributed by atoms with Crippen LogP contribution in [0.3, 0.4) is 0 Å². The van der Waals surface area contributed by atoms with Crippen LogP contribution in [0.2, 0.25) is 5.02 Å². The molecule has 0 spiro atoms. The summed E-state index contributed by atoms with van der Waals surface area (Å²) in [6.07, 6.45) is 0. The molecule has 4 nitrogen and oxygen atoms in total. The van der Waals surface area contributed by atoms with Gasteiger partial charge in [0, 0.05) is 17.8 Å². The van der Waals surface area contributed by atoms with E-state index >= 15 is 0 Å². The lowest BCUT2D eigenvalue weighted by molar-refractivity contribution is 0.471. The molecule has 0 bridgehead atoms. The SMILES string of the molecule is Cc1cc(Oc2cc(F)c(Cl)cc2Br)c(C(=N)N)c(C)n1. The molecular weight excluding hydrogens is 361 g/mol. The Morgan fingerprint density at radius 3 is 2.62 bits per heavy atom. The highest BCUT2D eigenvalue weighted by molar-refractivity contribution is 9.10. The number of nitrogens with one attached hydrogen (secondary N) is 1. The van der Waals surface area contributed by atoms with E-state index in [9.17, 15) is 4.39 Å². The van der Waals surface area contributed by atoms with Gasteiger partial charge in [-0.2, -0.15) is 0 Å². The van der Waals surface area contributed by atoms with Gasteiger partial charge in [0.1, 0.15) is 23.2 Å². The maximum absolute atomic E-state index is 13.6. The molecule has 0 aliphatic heterocycles. The normalized spacial score (nSPS) is 10.5. The van der Waals surface area contributed by atoms with E-state index in [4.69, 9.17) is 27.5 Å². The number of nitrogens with zero attached hydrogens (tertiary/aromatic N) is 1. The van der Waals surface area contributed by atoms with Crippen LogP contribution in [0.5, 0.6) is 11.5 Å². The topological polar surface area (TPSA) is 72.0 Å². The van der Waals surface area contributed by atoms with Crippen LogP contribution in [0, 0.1) is 25.1 Å². The van der Waals surface area contributed by atoms with Crippen molar-refractivity contribution in [3.63, 3.8) is 0 Å². The van der Waals surface area contributed by atoms with Gasteiger partial charge in [-0.05, 0) is 35.8 Å². The molecule has 0 unspecified atom stereocenters. The van der Waals surface area contributed by atoms with Crippen molar-refractivity contribution in [2.24, 2.45) is 5.73 Å². The number of amidine groups is 1. The Labute approximate surface area is 134 Å². The van der Waals surface area contributed by atoms with E-state index in [1.807, 2.05) is 0 Å². The molecular formula is C14H12BrClFN3O. The van der Waals surface area contributed by atoms with Crippen molar-refractivity contribution < 1.29 is 9.13 Å². The molecule has 0 saturated carbocycles. The number of hydrogen-bond acceptors (Lipinski definition) is 3. The van der Waals surface area contributed by atoms with Crippen molar-refractivity contribution in [3.05, 3.63) is 50.5 Å². The van der Waals surface area contributed by atoms with Crippen LogP contribution in [0.1, 0.15) is 17.0 Å². The third kappa shape index (κ3) is 3.33. The zero-order valence-corrected chi connectivity index (χ0v) is 13.6. The number of aryl methyl sites for hydroxylation is 2. The number of aromatic nitrogens is 1. The van der Waals surface area contributed by atoms with Crippen molar-refractivity contribution in [2.45, 2.75) is 13.8 Å². The second kappa shape index (κ2) is 5.99. The van der Waals surface area contributed by atoms with Crippen molar-refractivity contribution >= 4 is 33.4 Å². The molecule has 0 aliphatic rings. The van der Waals surface area contributed by atoms with Gasteiger partial charge < -0.3 is 10.5 Å². The lowest BCUT2D eigenvalue weighted by atomic mass is 10.1. The molecule has 0 amide bonds. The van der Waals surface area contributed by atoms with Gasteiger partial charge >= 0.3 is 0 Å². The zero-order valence-electron chi connectivity index (χ0n) is 11.3. The average Bonchev–Trinajstić information content (AvgIpc) is 2.34. The Balaban J connectivity index is 2.54. The number of halogens is 3. The molecule has 3 N–H and O–H groups in total. The molecule has 7 heteroatoms. The Bertz CT molecular complexity index is 737. The Morgan fingerprint density at radius 1 is 1.33 bits per heavy atom. The van der Waals surface area contributed by atoms with Crippen LogP contribution < -0.4 is 10.5 Å². The minimum Gasteiger partial charge on any atom is -0.455 e. The summed E-state index contributed by atoms with van der Waals surface area (Å²) < 4.78 is 19.8. The van der Waals surface area contributed by atoms with Gasteiger partial charge in [0.05, 0.1) is 20.8 Å². The molecule has 110 valence electrons. The molecule has 1 aromatic carbocycles. The number of ether oxygens (including phenoxy) is 1. The first-order chi connectivity index (χ1) is 9.79. The largest absolute Gasteiger partial charge is 0.455 e. The fourth-order valence-electron chi connectivity index (χ4n) is 1.90. The van der Waals surface area contributed by atoms with Gasteiger partial charge in [-0.15, -0.1) is 0 Å². The monoisotopic (exact) mass is 371 g/mol. The summed E-state index contributed by atoms with van der Waals surface area (Å²) in [5.41, 5.74) is 7.22. The molecule has 21 heavy (non-hydrogen) atoms. The minimum atomic E-state index is -0.596. The van der Waals surface area contributed by atoms with Crippen molar-refractivity contribution in [1.29, 1.82) is 5.41 Å². The third-order valence-corrected chi connectivity index (χ3v) is 3.67. The summed E-state index contributed by atoms with van der Waals surface area (Å²) in [7, 11) is 0. The van der Waals surface area contributed by atoms with Crippen LogP contribution >= 0.6 is 27.5 Å². The van der Waals surface area contributed by atoms with Gasteiger partial charge in [-0.25, -0.2) is 4.39 Å². The first-order valence-electron chi connectivity index (χ1n) is 5.94. The number of hydrogen-bond donors (Lipinski definition) is 2. The number of rotatable bonds is 3. The molecule has 0 atom stereocenters. The van der Waals surface area contributed by atoms with Crippen molar-refractivity contribution in [3.8, 4) is 11.5 Å². The van der Waals surface area contributed by atoms with Crippen molar-refractivity contribution in [2.75, 3.05) is 0 Å². The predicted molar refractivity (Wildman–Crippen MR) is 83.9 cm³/mol. The van der Waals surface area contributed by atoms with E-state index in [1.54, 1.807) is 19.9 Å². The second-order valence-electron chi connectivity index (χ2n) is 4.43. The standard InChI is InChI=1S/C14H12BrClFN3O/c1-6-3-12(13(14(18)19)7(2)20-6)21-11-5-10(17)9(16)4-8(11)15/h3-5H,1-2H3,(H3,18,19). The number of nitrogens with two attached hydrogens (primary N) is 1. The molecule has 0 saturated heterocycles. The Kier molecular flexibility index (Phi) is 4.49. The van der Waals surface area contributed by atoms with Gasteiger partial charge in [-0.3, -0.25) is 10.4 Å². The quantitative estimate of drug-likeness (QED) is 0.478. The number of pyridine rings is 1. The van der Waals surface area contributed by atoms with E-state index < -0.39 is 5.82 Å². The fraction of sp³-hybridized carbons (Fsp3) is 0.143. The summed E-state index contributed by atoms with van der Waals surface area (Å²) in [6, 6.07) is 4.21. The Hall–Kier alpha value is -1.66. The van der Waals surface area contributed by atoms with Crippen LogP contribution in [0.25, 0.3) is 0 Å². The predicted octanol–water partition coefficient (Wildman–Crippen LogP) is 4.33. The van der Waals surface area contributed by atoms with E-state index in [1.165, 1.54) is 12.1 Å². The second-order valence-corrected chi connectivity index (χ2v) is 5.70. The van der Waals surface area contributed by atoms with Gasteiger partial charge in [-0.1, -0.05) is 11.6 Å². The highest BCUT2D eigenvalue weighted by atomic mass is 79.9. The first-order valence-corrected chi connectivity index (χ1v) is 7.11. The van der Waals surface area contributed by atoms with Gasteiger partial charge in [0.2, 0.25) is 0 Å². The zero-order chi connectivity index (χ0) is 15.7. The third-order valence-electron chi connectivity index (χ3n) is 2.76. The fourth-order valence-corrected chi connectivity index (χ4v) is 2.62. The summed E-state index contributed by atoms with van der Waals surface area (Å²) in [5.74, 6) is -0.179. The molecule has 2 rings (SSSR count). The minimum absolute atomic E-state index is 0.0110. The van der Waals surface area contributed by atoms with Crippen LogP contribution in [-0.4, -0.2) is 10.8 Å².